The third-order valence-corrected chi connectivity index (χ3v) is 6.14. The molecule has 11 nitrogen and oxygen atoms in total. The van der Waals surface area contributed by atoms with Gasteiger partial charge in [-0.3, -0.25) is 9.48 Å². The molecular weight excluding hydrogens is 448 g/mol. The second-order valence-electron chi connectivity index (χ2n) is 9.11. The van der Waals surface area contributed by atoms with Gasteiger partial charge in [0.05, 0.1) is 29.4 Å². The zero-order valence-corrected chi connectivity index (χ0v) is 20.1. The molecule has 4 heterocycles. The van der Waals surface area contributed by atoms with Crippen molar-refractivity contribution >= 4 is 34.5 Å². The molecule has 0 spiro atoms. The minimum absolute atomic E-state index is 0.0792. The van der Waals surface area contributed by atoms with E-state index in [1.165, 1.54) is 0 Å². The van der Waals surface area contributed by atoms with E-state index in [0.29, 0.717) is 42.9 Å². The summed E-state index contributed by atoms with van der Waals surface area (Å²) in [6, 6.07) is 6.51. The number of primary amides is 1. The van der Waals surface area contributed by atoms with Gasteiger partial charge in [-0.25, -0.2) is 9.97 Å². The van der Waals surface area contributed by atoms with Gasteiger partial charge in [0, 0.05) is 38.9 Å². The van der Waals surface area contributed by atoms with Gasteiger partial charge in [-0.15, -0.1) is 0 Å². The van der Waals surface area contributed by atoms with Crippen LogP contribution in [0.5, 0.6) is 0 Å². The Labute approximate surface area is 202 Å². The number of nitrogens with one attached hydrogen (secondary N) is 1. The number of nitrogens with zero attached hydrogens (tertiary/aromatic N) is 6. The smallest absolute Gasteiger partial charge is 0.298 e. The van der Waals surface area contributed by atoms with E-state index in [2.05, 4.69) is 25.4 Å². The molecule has 4 aromatic rings. The van der Waals surface area contributed by atoms with Crippen molar-refractivity contribution in [3.05, 3.63) is 53.7 Å². The Kier molecular flexibility index (Phi) is 5.64. The van der Waals surface area contributed by atoms with E-state index in [1.54, 1.807) is 30.3 Å². The van der Waals surface area contributed by atoms with E-state index < -0.39 is 11.5 Å². The molecule has 182 valence electrons. The lowest BCUT2D eigenvalue weighted by atomic mass is 9.97. The van der Waals surface area contributed by atoms with E-state index >= 15 is 0 Å². The summed E-state index contributed by atoms with van der Waals surface area (Å²) in [4.78, 5) is 27.6. The summed E-state index contributed by atoms with van der Waals surface area (Å²) in [5, 5.41) is 7.14. The molecule has 35 heavy (non-hydrogen) atoms. The molecule has 11 heteroatoms. The number of ether oxygens (including phenoxy) is 1. The molecule has 1 amide bonds. The van der Waals surface area contributed by atoms with Crippen LogP contribution in [-0.4, -0.2) is 50.3 Å². The van der Waals surface area contributed by atoms with Crippen molar-refractivity contribution in [3.8, 4) is 0 Å². The van der Waals surface area contributed by atoms with Crippen LogP contribution in [0.2, 0.25) is 0 Å². The molecule has 0 bridgehead atoms. The van der Waals surface area contributed by atoms with Crippen LogP contribution < -0.4 is 16.0 Å². The number of anilines is 3. The van der Waals surface area contributed by atoms with Crippen molar-refractivity contribution in [1.82, 2.24) is 24.7 Å². The second kappa shape index (κ2) is 8.66. The van der Waals surface area contributed by atoms with Crippen molar-refractivity contribution in [2.75, 3.05) is 29.9 Å². The average Bonchev–Trinajstić information content (AvgIpc) is 3.38. The fourth-order valence-electron chi connectivity index (χ4n) is 4.17. The van der Waals surface area contributed by atoms with Crippen LogP contribution in [0.3, 0.4) is 0 Å². The van der Waals surface area contributed by atoms with Crippen molar-refractivity contribution in [2.45, 2.75) is 32.3 Å². The van der Waals surface area contributed by atoms with Gasteiger partial charge in [-0.05, 0) is 38.5 Å². The van der Waals surface area contributed by atoms with Crippen LogP contribution in [0.4, 0.5) is 17.5 Å². The highest BCUT2D eigenvalue weighted by Gasteiger charge is 2.34. The summed E-state index contributed by atoms with van der Waals surface area (Å²) in [6.45, 7) is 7.97. The van der Waals surface area contributed by atoms with E-state index in [1.807, 2.05) is 43.9 Å². The monoisotopic (exact) mass is 476 g/mol. The van der Waals surface area contributed by atoms with Gasteiger partial charge in [0.2, 0.25) is 0 Å². The third kappa shape index (κ3) is 4.42. The van der Waals surface area contributed by atoms with E-state index in [4.69, 9.17) is 14.9 Å². The van der Waals surface area contributed by atoms with E-state index in [9.17, 15) is 4.79 Å². The normalized spacial score (nSPS) is 14.3. The number of fused-ring (bicyclic) bond motifs is 1. The summed E-state index contributed by atoms with van der Waals surface area (Å²) < 4.78 is 13.5. The molecule has 3 aromatic heterocycles. The summed E-state index contributed by atoms with van der Waals surface area (Å²) >= 11 is 0. The van der Waals surface area contributed by atoms with Crippen molar-refractivity contribution in [2.24, 2.45) is 12.8 Å². The highest BCUT2D eigenvalue weighted by atomic mass is 16.5. The van der Waals surface area contributed by atoms with E-state index in [-0.39, 0.29) is 11.6 Å². The third-order valence-electron chi connectivity index (χ3n) is 6.14. The summed E-state index contributed by atoms with van der Waals surface area (Å²) in [7, 11) is 1.80. The lowest BCUT2D eigenvalue weighted by Crippen LogP contribution is -2.45. The molecule has 1 saturated heterocycles. The summed E-state index contributed by atoms with van der Waals surface area (Å²) in [6.07, 6.45) is 5.07. The minimum Gasteiger partial charge on any atom is -0.423 e. The summed E-state index contributed by atoms with van der Waals surface area (Å²) in [5.41, 5.74) is 9.19. The van der Waals surface area contributed by atoms with Crippen LogP contribution in [0.15, 0.2) is 41.2 Å². The Bertz CT molecular complexity index is 1390. The first kappa shape index (κ1) is 22.8. The zero-order valence-electron chi connectivity index (χ0n) is 20.1. The molecule has 3 N–H and O–H groups in total. The molecule has 0 radical (unpaired) electrons. The van der Waals surface area contributed by atoms with Crippen LogP contribution in [0.25, 0.3) is 11.1 Å². The first-order valence-corrected chi connectivity index (χ1v) is 11.5. The average molecular weight is 477 g/mol. The number of hydrogen-bond acceptors (Lipinski definition) is 9. The molecule has 1 aliphatic heterocycles. The molecule has 1 aromatic carbocycles. The Hall–Kier alpha value is -3.99. The molecule has 0 aliphatic carbocycles. The SMILES string of the molecule is CCOC(C)(C)c1ccc2nc(N3CC(c4cnc(Nc5cnn(C)c5)c(C(N)=O)n4)C3)oc2c1. The van der Waals surface area contributed by atoms with Gasteiger partial charge in [0.1, 0.15) is 5.52 Å². The number of nitrogens with two attached hydrogens (primary N) is 1. The molecule has 5 rings (SSSR count). The van der Waals surface area contributed by atoms with Gasteiger partial charge >= 0.3 is 0 Å². The first-order valence-electron chi connectivity index (χ1n) is 11.5. The molecule has 0 atom stereocenters. The number of oxazole rings is 1. The Morgan fingerprint density at radius 3 is 2.77 bits per heavy atom. The van der Waals surface area contributed by atoms with Crippen molar-refractivity contribution < 1.29 is 13.9 Å². The zero-order chi connectivity index (χ0) is 24.7. The maximum absolute atomic E-state index is 12.0. The Morgan fingerprint density at radius 1 is 1.29 bits per heavy atom. The van der Waals surface area contributed by atoms with Gasteiger partial charge < -0.3 is 25.1 Å². The maximum Gasteiger partial charge on any atom is 0.298 e. The number of hydrogen-bond donors (Lipinski definition) is 2. The van der Waals surface area contributed by atoms with Crippen molar-refractivity contribution in [1.29, 1.82) is 0 Å². The maximum atomic E-state index is 12.0. The van der Waals surface area contributed by atoms with Crippen LogP contribution >= 0.6 is 0 Å². The fraction of sp³-hybridized carbons (Fsp3) is 0.375. The molecular formula is C24H28N8O3. The summed E-state index contributed by atoms with van der Waals surface area (Å²) in [5.74, 6) is -0.266. The number of aromatic nitrogens is 5. The Balaban J connectivity index is 1.31. The van der Waals surface area contributed by atoms with Gasteiger partial charge in [0.25, 0.3) is 11.9 Å². The molecule has 0 saturated carbocycles. The molecule has 0 unspecified atom stereocenters. The highest BCUT2D eigenvalue weighted by Crippen LogP contribution is 2.34. The first-order chi connectivity index (χ1) is 16.7. The topological polar surface area (TPSA) is 137 Å². The quantitative estimate of drug-likeness (QED) is 0.393. The lowest BCUT2D eigenvalue weighted by molar-refractivity contribution is -0.0139. The van der Waals surface area contributed by atoms with Gasteiger partial charge in [-0.1, -0.05) is 6.07 Å². The number of rotatable bonds is 8. The highest BCUT2D eigenvalue weighted by molar-refractivity contribution is 5.96. The standard InChI is InChI=1S/C24H28N8O3/c1-5-34-24(2,3)15-6-7-17-19(8-15)35-23(30-17)32-11-14(12-32)18-10-26-22(20(29-18)21(25)33)28-16-9-27-31(4)13-16/h6-10,13-14H,5,11-12H2,1-4H3,(H2,25,33)(H,26,28). The van der Waals surface area contributed by atoms with Gasteiger partial charge in [0.15, 0.2) is 17.1 Å². The Morgan fingerprint density at radius 2 is 2.09 bits per heavy atom. The number of carbonyl (C=O) groups is 1. The van der Waals surface area contributed by atoms with E-state index in [0.717, 1.165) is 16.7 Å². The number of benzene rings is 1. The molecule has 1 aliphatic rings. The fourth-order valence-corrected chi connectivity index (χ4v) is 4.17. The minimum atomic E-state index is -0.647. The number of amides is 1. The lowest BCUT2D eigenvalue weighted by Gasteiger charge is -2.37. The van der Waals surface area contributed by atoms with Gasteiger partial charge in [-0.2, -0.15) is 10.1 Å². The second-order valence-corrected chi connectivity index (χ2v) is 9.11. The predicted octanol–water partition coefficient (Wildman–Crippen LogP) is 3.07. The van der Waals surface area contributed by atoms with Crippen LogP contribution in [0, 0.1) is 0 Å². The van der Waals surface area contributed by atoms with Crippen LogP contribution in [-0.2, 0) is 17.4 Å². The van der Waals surface area contributed by atoms with Crippen LogP contribution in [0.1, 0.15) is 48.4 Å². The number of aryl methyl sites for hydroxylation is 1. The predicted molar refractivity (Wildman–Crippen MR) is 131 cm³/mol. The largest absolute Gasteiger partial charge is 0.423 e. The number of carbonyl (C=O) groups excluding carboxylic acids is 1. The van der Waals surface area contributed by atoms with Crippen molar-refractivity contribution in [3.63, 3.8) is 0 Å². The molecule has 1 fully saturated rings.